The minimum atomic E-state index is -5.08. The molecular formula is C29H31F3N4O6. The fraction of sp³-hybridized carbons (Fsp3) is 0.414. The number of guanidine groups is 1. The molecule has 5 rings (SSSR count). The first-order valence-electron chi connectivity index (χ1n) is 13.2. The maximum absolute atomic E-state index is 13.8. The van der Waals surface area contributed by atoms with Gasteiger partial charge in [0.2, 0.25) is 11.8 Å². The summed E-state index contributed by atoms with van der Waals surface area (Å²) in [7, 11) is 2.85. The summed E-state index contributed by atoms with van der Waals surface area (Å²) in [6.45, 7) is 3.64. The second kappa shape index (κ2) is 11.8. The SMILES string of the molecule is CCN1C[C@@H]2[C@@H]3C(=O)N(C)C(=O)[C@@H]3[C@](Cc3ccccc3)(C(=O)OC)N2C1=NCc1ccccc1.O=C(O)C(F)(F)F. The van der Waals surface area contributed by atoms with Gasteiger partial charge in [-0.3, -0.25) is 14.5 Å². The van der Waals surface area contributed by atoms with Crippen LogP contribution in [-0.2, 0) is 36.9 Å². The first-order chi connectivity index (χ1) is 19.9. The van der Waals surface area contributed by atoms with Crippen LogP contribution < -0.4 is 0 Å². The van der Waals surface area contributed by atoms with Crippen molar-refractivity contribution in [2.24, 2.45) is 16.8 Å². The lowest BCUT2D eigenvalue weighted by Crippen LogP contribution is -2.61. The molecule has 2 amide bonds. The average molecular weight is 589 g/mol. The zero-order valence-corrected chi connectivity index (χ0v) is 23.2. The van der Waals surface area contributed by atoms with E-state index in [1.807, 2.05) is 72.5 Å². The van der Waals surface area contributed by atoms with Gasteiger partial charge in [0.05, 0.1) is 31.5 Å². The Balaban J connectivity index is 0.000000517. The molecule has 3 aliphatic heterocycles. The third-order valence-corrected chi connectivity index (χ3v) is 7.89. The molecule has 3 heterocycles. The Morgan fingerprint density at radius 1 is 1.02 bits per heavy atom. The molecule has 3 aliphatic rings. The van der Waals surface area contributed by atoms with Gasteiger partial charge in [0.15, 0.2) is 11.5 Å². The number of methoxy groups -OCH3 is 1. The molecule has 0 aromatic heterocycles. The number of carbonyl (C=O) groups excluding carboxylic acids is 3. The van der Waals surface area contributed by atoms with Crippen molar-refractivity contribution in [1.29, 1.82) is 0 Å². The van der Waals surface area contributed by atoms with Gasteiger partial charge >= 0.3 is 18.1 Å². The Labute approximate surface area is 240 Å². The zero-order valence-electron chi connectivity index (χ0n) is 23.2. The van der Waals surface area contributed by atoms with Crippen LogP contribution in [0.15, 0.2) is 65.7 Å². The number of likely N-dealkylation sites (tertiary alicyclic amines) is 1. The molecule has 10 nitrogen and oxygen atoms in total. The van der Waals surface area contributed by atoms with Gasteiger partial charge in [0.1, 0.15) is 0 Å². The first-order valence-corrected chi connectivity index (χ1v) is 13.2. The summed E-state index contributed by atoms with van der Waals surface area (Å²) in [6.07, 6.45) is -4.84. The minimum Gasteiger partial charge on any atom is -0.475 e. The minimum absolute atomic E-state index is 0.241. The van der Waals surface area contributed by atoms with Gasteiger partial charge in [-0.2, -0.15) is 13.2 Å². The standard InChI is InChI=1S/C27H30N4O4.C2HF3O2/c1-4-30-17-20-21-22(24(33)29(2)23(21)32)27(25(34)35-3,15-18-11-7-5-8-12-18)31(20)26(30)28-16-19-13-9-6-10-14-19;3-2(4,5)1(6)7/h5-14,20-22H,4,15-17H2,1-3H3;(H,6,7)/t20-,21+,22-,27-;/m1./s1. The summed E-state index contributed by atoms with van der Waals surface area (Å²) in [5, 5.41) is 7.12. The van der Waals surface area contributed by atoms with Gasteiger partial charge < -0.3 is 19.6 Å². The molecule has 3 fully saturated rings. The molecular weight excluding hydrogens is 557 g/mol. The number of carboxylic acids is 1. The van der Waals surface area contributed by atoms with E-state index in [9.17, 15) is 27.6 Å². The Bertz CT molecular complexity index is 1370. The first kappa shape index (κ1) is 30.5. The summed E-state index contributed by atoms with van der Waals surface area (Å²) >= 11 is 0. The molecule has 0 aliphatic carbocycles. The number of hydrogen-bond donors (Lipinski definition) is 1. The maximum Gasteiger partial charge on any atom is 0.490 e. The summed E-state index contributed by atoms with van der Waals surface area (Å²) < 4.78 is 37.1. The number of likely N-dealkylation sites (N-methyl/N-ethyl adjacent to an activating group) is 1. The lowest BCUT2D eigenvalue weighted by atomic mass is 9.76. The number of amides is 2. The molecule has 0 spiro atoms. The third-order valence-electron chi connectivity index (χ3n) is 7.89. The number of alkyl halides is 3. The van der Waals surface area contributed by atoms with Crippen LogP contribution in [0, 0.1) is 11.8 Å². The molecule has 0 unspecified atom stereocenters. The highest BCUT2D eigenvalue weighted by atomic mass is 19.4. The highest BCUT2D eigenvalue weighted by Crippen LogP contribution is 2.53. The van der Waals surface area contributed by atoms with E-state index in [0.29, 0.717) is 25.6 Å². The van der Waals surface area contributed by atoms with E-state index in [2.05, 4.69) is 4.90 Å². The van der Waals surface area contributed by atoms with Gasteiger partial charge in [-0.15, -0.1) is 0 Å². The highest BCUT2D eigenvalue weighted by Gasteiger charge is 2.74. The summed E-state index contributed by atoms with van der Waals surface area (Å²) in [5.74, 6) is -4.67. The number of ether oxygens (including phenoxy) is 1. The predicted molar refractivity (Wildman–Crippen MR) is 144 cm³/mol. The monoisotopic (exact) mass is 588 g/mol. The van der Waals surface area contributed by atoms with E-state index in [0.717, 1.165) is 11.1 Å². The van der Waals surface area contributed by atoms with Gasteiger partial charge in [-0.1, -0.05) is 60.7 Å². The molecule has 2 aromatic rings. The predicted octanol–water partition coefficient (Wildman–Crippen LogP) is 2.58. The summed E-state index contributed by atoms with van der Waals surface area (Å²) in [5.41, 5.74) is 0.560. The smallest absolute Gasteiger partial charge is 0.475 e. The van der Waals surface area contributed by atoms with E-state index in [1.165, 1.54) is 19.1 Å². The van der Waals surface area contributed by atoms with Crippen LogP contribution in [0.2, 0.25) is 0 Å². The van der Waals surface area contributed by atoms with Crippen molar-refractivity contribution in [3.05, 3.63) is 71.8 Å². The molecule has 0 radical (unpaired) electrons. The fourth-order valence-corrected chi connectivity index (χ4v) is 6.08. The van der Waals surface area contributed by atoms with Crippen LogP contribution in [0.1, 0.15) is 18.1 Å². The van der Waals surface area contributed by atoms with Crippen LogP contribution in [0.4, 0.5) is 13.2 Å². The Hall–Kier alpha value is -4.42. The van der Waals surface area contributed by atoms with Crippen molar-refractivity contribution in [2.45, 2.75) is 37.6 Å². The Morgan fingerprint density at radius 3 is 2.07 bits per heavy atom. The fourth-order valence-electron chi connectivity index (χ4n) is 6.08. The number of aliphatic imine (C=N–C) groups is 1. The summed E-state index contributed by atoms with van der Waals surface area (Å²) in [6, 6.07) is 19.1. The van der Waals surface area contributed by atoms with Gasteiger partial charge in [-0.25, -0.2) is 14.6 Å². The van der Waals surface area contributed by atoms with E-state index in [1.54, 1.807) is 0 Å². The molecule has 2 aromatic carbocycles. The largest absolute Gasteiger partial charge is 0.490 e. The Kier molecular flexibility index (Phi) is 8.60. The lowest BCUT2D eigenvalue weighted by molar-refractivity contribution is -0.192. The van der Waals surface area contributed by atoms with E-state index < -0.39 is 35.5 Å². The van der Waals surface area contributed by atoms with Gasteiger partial charge in [0.25, 0.3) is 0 Å². The molecule has 13 heteroatoms. The molecule has 42 heavy (non-hydrogen) atoms. The maximum atomic E-state index is 13.8. The number of nitrogens with zero attached hydrogens (tertiary/aromatic N) is 4. The van der Waals surface area contributed by atoms with E-state index >= 15 is 0 Å². The van der Waals surface area contributed by atoms with Crippen molar-refractivity contribution in [1.82, 2.24) is 14.7 Å². The molecule has 0 bridgehead atoms. The van der Waals surface area contributed by atoms with Crippen molar-refractivity contribution in [3.8, 4) is 0 Å². The number of fused-ring (bicyclic) bond motifs is 3. The summed E-state index contributed by atoms with van der Waals surface area (Å²) in [4.78, 5) is 59.7. The van der Waals surface area contributed by atoms with Crippen molar-refractivity contribution in [2.75, 3.05) is 27.2 Å². The quantitative estimate of drug-likeness (QED) is 0.404. The zero-order chi connectivity index (χ0) is 30.8. The van der Waals surface area contributed by atoms with E-state index in [-0.39, 0.29) is 24.3 Å². The van der Waals surface area contributed by atoms with E-state index in [4.69, 9.17) is 19.6 Å². The van der Waals surface area contributed by atoms with Crippen LogP contribution in [0.5, 0.6) is 0 Å². The van der Waals surface area contributed by atoms with Gasteiger partial charge in [-0.05, 0) is 18.1 Å². The lowest BCUT2D eigenvalue weighted by Gasteiger charge is -2.40. The number of carboxylic acid groups (broad SMARTS) is 1. The molecule has 4 atom stereocenters. The number of benzene rings is 2. The van der Waals surface area contributed by atoms with Crippen molar-refractivity contribution >= 4 is 29.7 Å². The number of carbonyl (C=O) groups is 4. The Morgan fingerprint density at radius 2 is 1.57 bits per heavy atom. The van der Waals surface area contributed by atoms with Crippen molar-refractivity contribution < 1.29 is 42.2 Å². The third kappa shape index (κ3) is 5.30. The van der Waals surface area contributed by atoms with Crippen LogP contribution >= 0.6 is 0 Å². The number of aliphatic carboxylic acids is 1. The van der Waals surface area contributed by atoms with Crippen LogP contribution in [0.25, 0.3) is 0 Å². The van der Waals surface area contributed by atoms with Gasteiger partial charge in [0, 0.05) is 26.6 Å². The number of rotatable bonds is 6. The number of halogens is 3. The van der Waals surface area contributed by atoms with Crippen molar-refractivity contribution in [3.63, 3.8) is 0 Å². The number of hydrogen-bond acceptors (Lipinski definition) is 6. The highest BCUT2D eigenvalue weighted by molar-refractivity contribution is 6.11. The average Bonchev–Trinajstić information content (AvgIpc) is 3.55. The topological polar surface area (TPSA) is 120 Å². The molecule has 0 saturated carbocycles. The normalized spacial score (nSPS) is 25.7. The molecule has 1 N–H and O–H groups in total. The molecule has 224 valence electrons. The number of imide groups is 1. The second-order valence-electron chi connectivity index (χ2n) is 10.2. The second-order valence-corrected chi connectivity index (χ2v) is 10.2. The van der Waals surface area contributed by atoms with Crippen LogP contribution in [-0.4, -0.2) is 94.5 Å². The van der Waals surface area contributed by atoms with Crippen LogP contribution in [0.3, 0.4) is 0 Å². The number of esters is 1. The molecule has 3 saturated heterocycles.